The second-order valence-electron chi connectivity index (χ2n) is 7.31. The Morgan fingerprint density at radius 1 is 1.00 bits per heavy atom. The van der Waals surface area contributed by atoms with Crippen LogP contribution in [0.25, 0.3) is 21.5 Å². The van der Waals surface area contributed by atoms with E-state index in [9.17, 15) is 4.79 Å². The van der Waals surface area contributed by atoms with Crippen LogP contribution in [-0.4, -0.2) is 46.9 Å². The van der Waals surface area contributed by atoms with Crippen LogP contribution < -0.4 is 0 Å². The van der Waals surface area contributed by atoms with E-state index in [2.05, 4.69) is 11.0 Å². The van der Waals surface area contributed by atoms with Crippen LogP contribution in [0.3, 0.4) is 0 Å². The van der Waals surface area contributed by atoms with Gasteiger partial charge in [0.25, 0.3) is 5.91 Å². The molecule has 0 bridgehead atoms. The van der Waals surface area contributed by atoms with Gasteiger partial charge in [0.15, 0.2) is 5.76 Å². The number of thiazole rings is 1. The van der Waals surface area contributed by atoms with Gasteiger partial charge in [0, 0.05) is 36.8 Å². The van der Waals surface area contributed by atoms with E-state index in [4.69, 9.17) is 21.0 Å². The molecular weight excluding hydrogens is 418 g/mol. The summed E-state index contributed by atoms with van der Waals surface area (Å²) in [7, 11) is 0. The number of nitrogens with zero attached hydrogens (tertiary/aromatic N) is 3. The molecule has 5 rings (SSSR count). The lowest BCUT2D eigenvalue weighted by Crippen LogP contribution is -2.48. The van der Waals surface area contributed by atoms with Crippen molar-refractivity contribution in [2.75, 3.05) is 26.2 Å². The third kappa shape index (κ3) is 3.99. The van der Waals surface area contributed by atoms with Crippen molar-refractivity contribution in [2.24, 2.45) is 0 Å². The summed E-state index contributed by atoms with van der Waals surface area (Å²) >= 11 is 7.68. The van der Waals surface area contributed by atoms with E-state index in [0.717, 1.165) is 35.7 Å². The highest BCUT2D eigenvalue weighted by atomic mass is 35.5. The first-order chi connectivity index (χ1) is 14.7. The molecule has 1 aliphatic heterocycles. The molecule has 1 amide bonds. The van der Waals surface area contributed by atoms with E-state index in [1.807, 2.05) is 53.4 Å². The Morgan fingerprint density at radius 3 is 2.53 bits per heavy atom. The van der Waals surface area contributed by atoms with E-state index >= 15 is 0 Å². The highest BCUT2D eigenvalue weighted by molar-refractivity contribution is 7.18. The fourth-order valence-corrected chi connectivity index (χ4v) is 4.80. The first kappa shape index (κ1) is 19.3. The number of fused-ring (bicyclic) bond motifs is 1. The van der Waals surface area contributed by atoms with Crippen molar-refractivity contribution in [1.29, 1.82) is 0 Å². The molecule has 7 heteroatoms. The zero-order valence-electron chi connectivity index (χ0n) is 16.3. The van der Waals surface area contributed by atoms with Crippen molar-refractivity contribution in [2.45, 2.75) is 6.54 Å². The third-order valence-electron chi connectivity index (χ3n) is 5.30. The van der Waals surface area contributed by atoms with E-state index in [-0.39, 0.29) is 5.91 Å². The van der Waals surface area contributed by atoms with Crippen molar-refractivity contribution in [1.82, 2.24) is 14.8 Å². The lowest BCUT2D eigenvalue weighted by Gasteiger charge is -2.33. The number of furan rings is 1. The second kappa shape index (κ2) is 8.22. The Hall–Kier alpha value is -2.67. The summed E-state index contributed by atoms with van der Waals surface area (Å²) < 4.78 is 7.04. The number of piperazine rings is 1. The van der Waals surface area contributed by atoms with Gasteiger partial charge in [-0.05, 0) is 48.5 Å². The van der Waals surface area contributed by atoms with E-state index < -0.39 is 0 Å². The van der Waals surface area contributed by atoms with Gasteiger partial charge in [0.2, 0.25) is 0 Å². The van der Waals surface area contributed by atoms with Crippen LogP contribution in [0, 0.1) is 0 Å². The van der Waals surface area contributed by atoms with Crippen molar-refractivity contribution in [3.05, 3.63) is 76.5 Å². The second-order valence-corrected chi connectivity index (χ2v) is 8.87. The Balaban J connectivity index is 1.20. The van der Waals surface area contributed by atoms with Crippen LogP contribution in [0.15, 0.2) is 65.1 Å². The molecule has 30 heavy (non-hydrogen) atoms. The van der Waals surface area contributed by atoms with E-state index in [1.165, 1.54) is 4.70 Å². The van der Waals surface area contributed by atoms with Crippen molar-refractivity contribution < 1.29 is 9.21 Å². The third-order valence-corrected chi connectivity index (χ3v) is 6.58. The quantitative estimate of drug-likeness (QED) is 0.442. The molecule has 0 atom stereocenters. The summed E-state index contributed by atoms with van der Waals surface area (Å²) in [5.41, 5.74) is 1.96. The van der Waals surface area contributed by atoms with Crippen LogP contribution in [-0.2, 0) is 6.54 Å². The first-order valence-corrected chi connectivity index (χ1v) is 11.1. The van der Waals surface area contributed by atoms with Gasteiger partial charge >= 0.3 is 0 Å². The molecule has 1 saturated heterocycles. The number of aromatic nitrogens is 1. The van der Waals surface area contributed by atoms with Gasteiger partial charge in [-0.1, -0.05) is 23.7 Å². The maximum Gasteiger partial charge on any atom is 0.289 e. The minimum atomic E-state index is -0.0603. The Morgan fingerprint density at radius 2 is 1.77 bits per heavy atom. The van der Waals surface area contributed by atoms with Crippen LogP contribution >= 0.6 is 22.9 Å². The molecule has 0 radical (unpaired) electrons. The maximum absolute atomic E-state index is 12.9. The molecule has 2 aromatic carbocycles. The number of para-hydroxylation sites is 1. The summed E-state index contributed by atoms with van der Waals surface area (Å²) in [5, 5.41) is 1.79. The fraction of sp³-hybridized carbons (Fsp3) is 0.217. The molecule has 0 aliphatic carbocycles. The Bertz CT molecular complexity index is 1140. The van der Waals surface area contributed by atoms with Gasteiger partial charge in [-0.15, -0.1) is 11.3 Å². The molecule has 1 fully saturated rings. The molecule has 3 heterocycles. The monoisotopic (exact) mass is 437 g/mol. The van der Waals surface area contributed by atoms with Gasteiger partial charge in [0.05, 0.1) is 16.8 Å². The lowest BCUT2D eigenvalue weighted by molar-refractivity contribution is 0.0598. The number of benzene rings is 2. The van der Waals surface area contributed by atoms with Crippen molar-refractivity contribution >= 4 is 39.1 Å². The predicted octanol–water partition coefficient (Wildman–Crippen LogP) is 5.17. The van der Waals surface area contributed by atoms with Gasteiger partial charge < -0.3 is 9.32 Å². The lowest BCUT2D eigenvalue weighted by atomic mass is 10.2. The minimum absolute atomic E-state index is 0.0603. The van der Waals surface area contributed by atoms with Crippen LogP contribution in [0.2, 0.25) is 5.02 Å². The van der Waals surface area contributed by atoms with Crippen LogP contribution in [0.4, 0.5) is 0 Å². The molecule has 0 spiro atoms. The highest BCUT2D eigenvalue weighted by Crippen LogP contribution is 2.25. The van der Waals surface area contributed by atoms with Crippen LogP contribution in [0.5, 0.6) is 0 Å². The number of halogens is 1. The molecular formula is C23H20ClN3O2S. The molecule has 4 aromatic rings. The van der Waals surface area contributed by atoms with E-state index in [0.29, 0.717) is 29.6 Å². The SMILES string of the molecule is O=C(c1ccc(-c2ccc(Cl)cc2)o1)N1CCN(Cc2nc3ccccc3s2)CC1. The first-order valence-electron chi connectivity index (χ1n) is 9.87. The zero-order valence-corrected chi connectivity index (χ0v) is 17.8. The van der Waals surface area contributed by atoms with E-state index in [1.54, 1.807) is 17.4 Å². The largest absolute Gasteiger partial charge is 0.451 e. The minimum Gasteiger partial charge on any atom is -0.451 e. The van der Waals surface area contributed by atoms with Gasteiger partial charge in [-0.3, -0.25) is 9.69 Å². The fourth-order valence-electron chi connectivity index (χ4n) is 3.67. The topological polar surface area (TPSA) is 49.6 Å². The summed E-state index contributed by atoms with van der Waals surface area (Å²) in [6, 6.07) is 19.2. The Labute approximate surface area is 183 Å². The normalized spacial score (nSPS) is 15.0. The maximum atomic E-state index is 12.9. The average molecular weight is 438 g/mol. The summed E-state index contributed by atoms with van der Waals surface area (Å²) in [6.45, 7) is 3.84. The molecule has 152 valence electrons. The smallest absolute Gasteiger partial charge is 0.289 e. The Kier molecular flexibility index (Phi) is 5.29. The average Bonchev–Trinajstić information content (AvgIpc) is 3.41. The summed E-state index contributed by atoms with van der Waals surface area (Å²) in [4.78, 5) is 21.8. The number of amides is 1. The summed E-state index contributed by atoms with van der Waals surface area (Å²) in [5.74, 6) is 0.985. The number of hydrogen-bond donors (Lipinski definition) is 0. The molecule has 0 saturated carbocycles. The van der Waals surface area contributed by atoms with Crippen molar-refractivity contribution in [3.8, 4) is 11.3 Å². The number of carbonyl (C=O) groups excluding carboxylic acids is 1. The molecule has 0 N–H and O–H groups in total. The van der Waals surface area contributed by atoms with Gasteiger partial charge in [-0.2, -0.15) is 0 Å². The molecule has 0 unspecified atom stereocenters. The zero-order chi connectivity index (χ0) is 20.5. The highest BCUT2D eigenvalue weighted by Gasteiger charge is 2.25. The van der Waals surface area contributed by atoms with Gasteiger partial charge in [-0.25, -0.2) is 4.98 Å². The summed E-state index contributed by atoms with van der Waals surface area (Å²) in [6.07, 6.45) is 0. The predicted molar refractivity (Wildman–Crippen MR) is 120 cm³/mol. The molecule has 2 aromatic heterocycles. The van der Waals surface area contributed by atoms with Gasteiger partial charge in [0.1, 0.15) is 10.8 Å². The number of rotatable bonds is 4. The van der Waals surface area contributed by atoms with Crippen LogP contribution in [0.1, 0.15) is 15.6 Å². The molecule has 5 nitrogen and oxygen atoms in total. The standard InChI is InChI=1S/C23H20ClN3O2S/c24-17-7-5-16(6-8-17)19-9-10-20(29-19)23(28)27-13-11-26(12-14-27)15-22-25-18-3-1-2-4-21(18)30-22/h1-10H,11-15H2. The molecule has 1 aliphatic rings. The number of carbonyl (C=O) groups is 1. The number of hydrogen-bond acceptors (Lipinski definition) is 5. The van der Waals surface area contributed by atoms with Crippen molar-refractivity contribution in [3.63, 3.8) is 0 Å².